The molecule has 0 bridgehead atoms. The number of fused-ring (bicyclic) bond motifs is 1. The summed E-state index contributed by atoms with van der Waals surface area (Å²) in [5.74, 6) is -0.303. The second kappa shape index (κ2) is 8.79. The number of carbonyl (C=O) groups is 1. The lowest BCUT2D eigenvalue weighted by Gasteiger charge is -2.14. The standard InChI is InChI=1S/C19H21N3O4S/c1-26-11-9-20-17(23)13-22-16-7-3-2-6-15(16)18(24)21(19(22)25)10-8-14-5-4-12-27-14/h2-7,12H,8-11,13H2,1H3,(H,20,23). The fraction of sp³-hybridized carbons (Fsp3) is 0.316. The maximum Gasteiger partial charge on any atom is 0.331 e. The fourth-order valence-corrected chi connectivity index (χ4v) is 3.59. The van der Waals surface area contributed by atoms with Crippen molar-refractivity contribution in [3.8, 4) is 0 Å². The number of methoxy groups -OCH3 is 1. The molecule has 0 saturated heterocycles. The number of aromatic nitrogens is 2. The minimum absolute atomic E-state index is 0.150. The Morgan fingerprint density at radius 1 is 1.15 bits per heavy atom. The molecule has 0 unspecified atom stereocenters. The molecule has 0 aliphatic rings. The number of nitrogens with one attached hydrogen (secondary N) is 1. The van der Waals surface area contributed by atoms with Crippen LogP contribution in [0.4, 0.5) is 0 Å². The molecule has 1 N–H and O–H groups in total. The third-order valence-corrected chi connectivity index (χ3v) is 5.16. The first-order chi connectivity index (χ1) is 13.1. The molecule has 3 aromatic rings. The first kappa shape index (κ1) is 19.1. The van der Waals surface area contributed by atoms with E-state index in [1.54, 1.807) is 42.7 Å². The van der Waals surface area contributed by atoms with Crippen LogP contribution in [0.2, 0.25) is 0 Å². The van der Waals surface area contributed by atoms with Crippen LogP contribution in [0.5, 0.6) is 0 Å². The zero-order valence-corrected chi connectivity index (χ0v) is 15.8. The number of hydrogen-bond donors (Lipinski definition) is 1. The monoisotopic (exact) mass is 387 g/mol. The van der Waals surface area contributed by atoms with Crippen LogP contribution in [0, 0.1) is 0 Å². The van der Waals surface area contributed by atoms with Crippen LogP contribution in [0.3, 0.4) is 0 Å². The van der Waals surface area contributed by atoms with Gasteiger partial charge in [-0.3, -0.25) is 18.7 Å². The van der Waals surface area contributed by atoms with Gasteiger partial charge in [0.2, 0.25) is 5.91 Å². The van der Waals surface area contributed by atoms with E-state index in [-0.39, 0.29) is 24.6 Å². The Bertz CT molecular complexity index is 1040. The van der Waals surface area contributed by atoms with Gasteiger partial charge in [-0.1, -0.05) is 18.2 Å². The van der Waals surface area contributed by atoms with Crippen molar-refractivity contribution in [3.63, 3.8) is 0 Å². The Balaban J connectivity index is 1.97. The zero-order chi connectivity index (χ0) is 19.2. The topological polar surface area (TPSA) is 82.3 Å². The molecular weight excluding hydrogens is 366 g/mol. The van der Waals surface area contributed by atoms with Crippen molar-refractivity contribution in [2.75, 3.05) is 20.3 Å². The molecular formula is C19H21N3O4S. The van der Waals surface area contributed by atoms with Gasteiger partial charge in [-0.05, 0) is 30.0 Å². The molecule has 0 fully saturated rings. The van der Waals surface area contributed by atoms with Crippen LogP contribution < -0.4 is 16.6 Å². The Kier molecular flexibility index (Phi) is 6.20. The Morgan fingerprint density at radius 3 is 2.70 bits per heavy atom. The summed E-state index contributed by atoms with van der Waals surface area (Å²) in [4.78, 5) is 39.1. The highest BCUT2D eigenvalue weighted by molar-refractivity contribution is 7.09. The molecule has 2 aromatic heterocycles. The highest BCUT2D eigenvalue weighted by atomic mass is 32.1. The van der Waals surface area contributed by atoms with Gasteiger partial charge in [-0.25, -0.2) is 4.79 Å². The molecule has 0 atom stereocenters. The number of amides is 1. The van der Waals surface area contributed by atoms with Crippen molar-refractivity contribution in [1.29, 1.82) is 0 Å². The summed E-state index contributed by atoms with van der Waals surface area (Å²) in [6.45, 7) is 0.873. The van der Waals surface area contributed by atoms with Gasteiger partial charge < -0.3 is 10.1 Å². The van der Waals surface area contributed by atoms with Gasteiger partial charge >= 0.3 is 5.69 Å². The summed E-state index contributed by atoms with van der Waals surface area (Å²) in [6, 6.07) is 10.8. The van der Waals surface area contributed by atoms with Gasteiger partial charge in [0.1, 0.15) is 6.54 Å². The average Bonchev–Trinajstić information content (AvgIpc) is 3.19. The third kappa shape index (κ3) is 4.35. The van der Waals surface area contributed by atoms with Crippen LogP contribution in [0.15, 0.2) is 51.4 Å². The maximum absolute atomic E-state index is 13.0. The molecule has 1 amide bonds. The smallest absolute Gasteiger partial charge is 0.331 e. The summed E-state index contributed by atoms with van der Waals surface area (Å²) in [6.07, 6.45) is 0.588. The highest BCUT2D eigenvalue weighted by Crippen LogP contribution is 2.11. The second-order valence-electron chi connectivity index (χ2n) is 6.01. The molecule has 8 heteroatoms. The van der Waals surface area contributed by atoms with E-state index >= 15 is 0 Å². The third-order valence-electron chi connectivity index (χ3n) is 4.22. The number of para-hydroxylation sites is 1. The number of aryl methyl sites for hydroxylation is 1. The first-order valence-corrected chi connectivity index (χ1v) is 9.50. The minimum Gasteiger partial charge on any atom is -0.383 e. The maximum atomic E-state index is 13.0. The number of rotatable bonds is 8. The van der Waals surface area contributed by atoms with Gasteiger partial charge in [0.05, 0.1) is 17.5 Å². The highest BCUT2D eigenvalue weighted by Gasteiger charge is 2.15. The summed E-state index contributed by atoms with van der Waals surface area (Å²) >= 11 is 1.58. The van der Waals surface area contributed by atoms with Crippen molar-refractivity contribution >= 4 is 28.1 Å². The predicted octanol–water partition coefficient (Wildman–Crippen LogP) is 1.23. The molecule has 27 heavy (non-hydrogen) atoms. The molecule has 7 nitrogen and oxygen atoms in total. The van der Waals surface area contributed by atoms with Gasteiger partial charge in [0, 0.05) is 25.1 Å². The molecule has 0 saturated carbocycles. The van der Waals surface area contributed by atoms with Crippen molar-refractivity contribution < 1.29 is 9.53 Å². The number of carbonyl (C=O) groups excluding carboxylic acids is 1. The molecule has 3 rings (SSSR count). The Labute approximate surface area is 159 Å². The predicted molar refractivity (Wildman–Crippen MR) is 105 cm³/mol. The normalized spacial score (nSPS) is 11.0. The van der Waals surface area contributed by atoms with Crippen LogP contribution in [-0.4, -0.2) is 35.3 Å². The zero-order valence-electron chi connectivity index (χ0n) is 15.0. The largest absolute Gasteiger partial charge is 0.383 e. The van der Waals surface area contributed by atoms with Crippen molar-refractivity contribution in [1.82, 2.24) is 14.5 Å². The summed E-state index contributed by atoms with van der Waals surface area (Å²) < 4.78 is 7.48. The molecule has 0 spiro atoms. The van der Waals surface area contributed by atoms with E-state index in [0.717, 1.165) is 4.88 Å². The Morgan fingerprint density at radius 2 is 1.96 bits per heavy atom. The molecule has 142 valence electrons. The SMILES string of the molecule is COCCNC(=O)Cn1c(=O)n(CCc2cccs2)c(=O)c2ccccc21. The summed E-state index contributed by atoms with van der Waals surface area (Å²) in [7, 11) is 1.55. The van der Waals surface area contributed by atoms with Crippen LogP contribution in [0.1, 0.15) is 4.88 Å². The van der Waals surface area contributed by atoms with Crippen LogP contribution >= 0.6 is 11.3 Å². The lowest BCUT2D eigenvalue weighted by Crippen LogP contribution is -2.43. The number of benzene rings is 1. The van der Waals surface area contributed by atoms with Crippen LogP contribution in [-0.2, 0) is 29.0 Å². The Hall–Kier alpha value is -2.71. The molecule has 0 aliphatic carbocycles. The second-order valence-corrected chi connectivity index (χ2v) is 7.05. The van der Waals surface area contributed by atoms with E-state index in [1.165, 1.54) is 9.13 Å². The van der Waals surface area contributed by atoms with E-state index in [2.05, 4.69) is 5.32 Å². The molecule has 2 heterocycles. The first-order valence-electron chi connectivity index (χ1n) is 8.62. The van der Waals surface area contributed by atoms with E-state index in [0.29, 0.717) is 30.5 Å². The quantitative estimate of drug-likeness (QED) is 0.590. The van der Waals surface area contributed by atoms with Gasteiger partial charge in [0.25, 0.3) is 5.56 Å². The average molecular weight is 387 g/mol. The number of ether oxygens (including phenoxy) is 1. The summed E-state index contributed by atoms with van der Waals surface area (Å²) in [5, 5.41) is 5.09. The minimum atomic E-state index is -0.475. The van der Waals surface area contributed by atoms with Crippen molar-refractivity contribution in [2.24, 2.45) is 0 Å². The van der Waals surface area contributed by atoms with E-state index in [4.69, 9.17) is 4.74 Å². The number of thiophene rings is 1. The fourth-order valence-electron chi connectivity index (χ4n) is 2.89. The molecule has 0 aliphatic heterocycles. The van der Waals surface area contributed by atoms with Gasteiger partial charge in [-0.2, -0.15) is 0 Å². The van der Waals surface area contributed by atoms with Crippen molar-refractivity contribution in [2.45, 2.75) is 19.5 Å². The van der Waals surface area contributed by atoms with Gasteiger partial charge in [-0.15, -0.1) is 11.3 Å². The molecule has 1 aromatic carbocycles. The van der Waals surface area contributed by atoms with E-state index in [9.17, 15) is 14.4 Å². The van der Waals surface area contributed by atoms with Crippen LogP contribution in [0.25, 0.3) is 10.9 Å². The molecule has 0 radical (unpaired) electrons. The lowest BCUT2D eigenvalue weighted by atomic mass is 10.2. The van der Waals surface area contributed by atoms with E-state index < -0.39 is 5.69 Å². The number of hydrogen-bond acceptors (Lipinski definition) is 5. The lowest BCUT2D eigenvalue weighted by molar-refractivity contribution is -0.121. The van der Waals surface area contributed by atoms with Crippen molar-refractivity contribution in [3.05, 3.63) is 67.5 Å². The van der Waals surface area contributed by atoms with E-state index in [1.807, 2.05) is 17.5 Å². The van der Waals surface area contributed by atoms with Gasteiger partial charge in [0.15, 0.2) is 0 Å². The number of nitrogens with zero attached hydrogens (tertiary/aromatic N) is 2. The summed E-state index contributed by atoms with van der Waals surface area (Å²) in [5.41, 5.74) is -0.345.